The van der Waals surface area contributed by atoms with E-state index in [9.17, 15) is 13.2 Å². The fourth-order valence-corrected chi connectivity index (χ4v) is 4.28. The molecule has 0 atom stereocenters. The van der Waals surface area contributed by atoms with Crippen LogP contribution in [0.15, 0.2) is 71.8 Å². The number of hydrogen-bond donors (Lipinski definition) is 1. The number of hydrazone groups is 1. The molecule has 0 spiro atoms. The minimum absolute atomic E-state index is 0.378. The SMILES string of the molecule is Cc1ccc(C)c(N(CC(=O)N/N=C\c2ccc(OCc3cccc(Cl)c3)cc2)S(C)(=O)=O)c1. The third kappa shape index (κ3) is 7.33. The summed E-state index contributed by atoms with van der Waals surface area (Å²) in [5, 5.41) is 4.60. The molecule has 3 rings (SSSR count). The van der Waals surface area contributed by atoms with Gasteiger partial charge in [-0.2, -0.15) is 5.10 Å². The van der Waals surface area contributed by atoms with Gasteiger partial charge in [-0.25, -0.2) is 13.8 Å². The largest absolute Gasteiger partial charge is 0.489 e. The molecule has 0 radical (unpaired) electrons. The highest BCUT2D eigenvalue weighted by Gasteiger charge is 2.22. The molecule has 178 valence electrons. The van der Waals surface area contributed by atoms with Gasteiger partial charge in [-0.05, 0) is 78.6 Å². The van der Waals surface area contributed by atoms with Crippen LogP contribution in [0.25, 0.3) is 0 Å². The monoisotopic (exact) mass is 499 g/mol. The molecule has 0 aliphatic heterocycles. The number of benzene rings is 3. The Balaban J connectivity index is 1.57. The molecule has 0 saturated heterocycles. The fourth-order valence-electron chi connectivity index (χ4n) is 3.16. The number of anilines is 1. The lowest BCUT2D eigenvalue weighted by molar-refractivity contribution is -0.119. The van der Waals surface area contributed by atoms with Gasteiger partial charge in [0.05, 0.1) is 18.2 Å². The van der Waals surface area contributed by atoms with Gasteiger partial charge in [0.1, 0.15) is 18.9 Å². The van der Waals surface area contributed by atoms with E-state index in [1.54, 1.807) is 43.3 Å². The Bertz CT molecular complexity index is 1290. The number of hydrogen-bond acceptors (Lipinski definition) is 5. The Morgan fingerprint density at radius 1 is 1.09 bits per heavy atom. The molecule has 3 aromatic rings. The molecule has 0 aromatic heterocycles. The molecule has 9 heteroatoms. The van der Waals surface area contributed by atoms with Crippen molar-refractivity contribution < 1.29 is 17.9 Å². The second kappa shape index (κ2) is 11.2. The summed E-state index contributed by atoms with van der Waals surface area (Å²) >= 11 is 5.98. The van der Waals surface area contributed by atoms with E-state index in [1.807, 2.05) is 37.3 Å². The summed E-state index contributed by atoms with van der Waals surface area (Å²) in [5.41, 5.74) is 6.21. The summed E-state index contributed by atoms with van der Waals surface area (Å²) in [6.07, 6.45) is 2.54. The molecule has 34 heavy (non-hydrogen) atoms. The predicted octanol–water partition coefficient (Wildman–Crippen LogP) is 4.45. The number of amides is 1. The molecule has 0 aliphatic rings. The molecule has 0 saturated carbocycles. The van der Waals surface area contributed by atoms with Crippen LogP contribution < -0.4 is 14.5 Å². The highest BCUT2D eigenvalue weighted by Crippen LogP contribution is 2.23. The second-order valence-corrected chi connectivity index (χ2v) is 10.2. The number of nitrogens with one attached hydrogen (secondary N) is 1. The second-order valence-electron chi connectivity index (χ2n) is 7.84. The Kier molecular flexibility index (Phi) is 8.31. The van der Waals surface area contributed by atoms with Crippen molar-refractivity contribution in [1.82, 2.24) is 5.43 Å². The zero-order valence-corrected chi connectivity index (χ0v) is 20.7. The Labute approximate surface area is 205 Å². The van der Waals surface area contributed by atoms with Crippen molar-refractivity contribution in [2.75, 3.05) is 17.1 Å². The molecule has 0 bridgehead atoms. The van der Waals surface area contributed by atoms with E-state index in [-0.39, 0.29) is 6.54 Å². The van der Waals surface area contributed by atoms with Crippen LogP contribution in [0.5, 0.6) is 5.75 Å². The molecule has 0 aliphatic carbocycles. The van der Waals surface area contributed by atoms with Crippen molar-refractivity contribution in [3.05, 3.63) is 94.0 Å². The maximum absolute atomic E-state index is 12.4. The standard InChI is InChI=1S/C25H26ClN3O4S/c1-18-7-8-19(2)24(13-18)29(34(3,31)32)16-25(30)28-27-15-20-9-11-23(12-10-20)33-17-21-5-4-6-22(26)14-21/h4-15H,16-17H2,1-3H3,(H,28,30)/b27-15-. The van der Waals surface area contributed by atoms with Crippen LogP contribution in [0.2, 0.25) is 5.02 Å². The Morgan fingerprint density at radius 2 is 1.82 bits per heavy atom. The number of aryl methyl sites for hydroxylation is 2. The molecular formula is C25H26ClN3O4S. The van der Waals surface area contributed by atoms with E-state index in [4.69, 9.17) is 16.3 Å². The van der Waals surface area contributed by atoms with Crippen molar-refractivity contribution in [3.8, 4) is 5.75 Å². The molecule has 7 nitrogen and oxygen atoms in total. The van der Waals surface area contributed by atoms with E-state index < -0.39 is 15.9 Å². The van der Waals surface area contributed by atoms with Gasteiger partial charge in [0, 0.05) is 5.02 Å². The van der Waals surface area contributed by atoms with E-state index >= 15 is 0 Å². The number of sulfonamides is 1. The maximum atomic E-state index is 12.4. The highest BCUT2D eigenvalue weighted by molar-refractivity contribution is 7.92. The third-order valence-corrected chi connectivity index (χ3v) is 6.26. The van der Waals surface area contributed by atoms with E-state index in [0.29, 0.717) is 23.1 Å². The van der Waals surface area contributed by atoms with Crippen molar-refractivity contribution in [1.29, 1.82) is 0 Å². The molecule has 1 N–H and O–H groups in total. The average molecular weight is 500 g/mol. The Hall–Kier alpha value is -3.36. The van der Waals surface area contributed by atoms with Gasteiger partial charge in [-0.15, -0.1) is 0 Å². The molecule has 0 heterocycles. The van der Waals surface area contributed by atoms with Gasteiger partial charge < -0.3 is 4.74 Å². The van der Waals surface area contributed by atoms with Crippen LogP contribution in [-0.2, 0) is 21.4 Å². The van der Waals surface area contributed by atoms with Gasteiger partial charge in [-0.3, -0.25) is 9.10 Å². The summed E-state index contributed by atoms with van der Waals surface area (Å²) < 4.78 is 31.4. The first kappa shape index (κ1) is 25.3. The zero-order valence-electron chi connectivity index (χ0n) is 19.2. The van der Waals surface area contributed by atoms with Crippen molar-refractivity contribution in [2.45, 2.75) is 20.5 Å². The number of ether oxygens (including phenoxy) is 1. The van der Waals surface area contributed by atoms with Gasteiger partial charge in [0.25, 0.3) is 5.91 Å². The summed E-state index contributed by atoms with van der Waals surface area (Å²) in [6.45, 7) is 3.67. The van der Waals surface area contributed by atoms with E-state index in [2.05, 4.69) is 10.5 Å². The average Bonchev–Trinajstić information content (AvgIpc) is 2.78. The van der Waals surface area contributed by atoms with Crippen LogP contribution in [0.4, 0.5) is 5.69 Å². The van der Waals surface area contributed by atoms with Crippen LogP contribution in [-0.4, -0.2) is 33.3 Å². The predicted molar refractivity (Wildman–Crippen MR) is 136 cm³/mol. The molecular weight excluding hydrogens is 474 g/mol. The maximum Gasteiger partial charge on any atom is 0.260 e. The van der Waals surface area contributed by atoms with Gasteiger partial charge in [0.15, 0.2) is 0 Å². The topological polar surface area (TPSA) is 88.1 Å². The van der Waals surface area contributed by atoms with Gasteiger partial charge in [-0.1, -0.05) is 35.9 Å². The molecule has 0 unspecified atom stereocenters. The highest BCUT2D eigenvalue weighted by atomic mass is 35.5. The van der Waals surface area contributed by atoms with E-state index in [1.165, 1.54) is 6.21 Å². The quantitative estimate of drug-likeness (QED) is 0.348. The first-order valence-corrected chi connectivity index (χ1v) is 12.7. The Morgan fingerprint density at radius 3 is 2.50 bits per heavy atom. The number of carbonyl (C=O) groups is 1. The summed E-state index contributed by atoms with van der Waals surface area (Å²) in [7, 11) is -3.66. The first-order chi connectivity index (χ1) is 16.1. The number of carbonyl (C=O) groups excluding carboxylic acids is 1. The molecule has 3 aromatic carbocycles. The van der Waals surface area contributed by atoms with Crippen LogP contribution >= 0.6 is 11.6 Å². The molecule has 1 amide bonds. The first-order valence-electron chi connectivity index (χ1n) is 10.5. The lowest BCUT2D eigenvalue weighted by Gasteiger charge is -2.23. The lowest BCUT2D eigenvalue weighted by atomic mass is 10.1. The van der Waals surface area contributed by atoms with Crippen LogP contribution in [0.3, 0.4) is 0 Å². The fraction of sp³-hybridized carbons (Fsp3) is 0.200. The van der Waals surface area contributed by atoms with Gasteiger partial charge in [0.2, 0.25) is 10.0 Å². The van der Waals surface area contributed by atoms with E-state index in [0.717, 1.165) is 32.8 Å². The summed E-state index contributed by atoms with van der Waals surface area (Å²) in [6, 6.07) is 20.1. The summed E-state index contributed by atoms with van der Waals surface area (Å²) in [5.74, 6) is 0.127. The summed E-state index contributed by atoms with van der Waals surface area (Å²) in [4.78, 5) is 12.4. The third-order valence-electron chi connectivity index (χ3n) is 4.90. The van der Waals surface area contributed by atoms with Gasteiger partial charge >= 0.3 is 0 Å². The normalized spacial score (nSPS) is 11.4. The van der Waals surface area contributed by atoms with Crippen LogP contribution in [0.1, 0.15) is 22.3 Å². The minimum Gasteiger partial charge on any atom is -0.489 e. The number of nitrogens with zero attached hydrogens (tertiary/aromatic N) is 2. The smallest absolute Gasteiger partial charge is 0.260 e. The number of rotatable bonds is 9. The lowest BCUT2D eigenvalue weighted by Crippen LogP contribution is -2.39. The minimum atomic E-state index is -3.66. The number of halogens is 1. The van der Waals surface area contributed by atoms with Crippen molar-refractivity contribution in [3.63, 3.8) is 0 Å². The van der Waals surface area contributed by atoms with Crippen LogP contribution in [0, 0.1) is 13.8 Å². The van der Waals surface area contributed by atoms with Crippen molar-refractivity contribution >= 4 is 39.4 Å². The zero-order chi connectivity index (χ0) is 24.7. The molecule has 0 fully saturated rings. The van der Waals surface area contributed by atoms with Crippen molar-refractivity contribution in [2.24, 2.45) is 5.10 Å².